The summed E-state index contributed by atoms with van der Waals surface area (Å²) in [7, 11) is 1.52. The fourth-order valence-corrected chi connectivity index (χ4v) is 5.22. The molecule has 1 fully saturated rings. The van der Waals surface area contributed by atoms with Crippen LogP contribution in [0.4, 0.5) is 18.9 Å². The monoisotopic (exact) mass is 630 g/mol. The maximum atomic E-state index is 14.6. The van der Waals surface area contributed by atoms with Gasteiger partial charge in [0.1, 0.15) is 18.1 Å². The summed E-state index contributed by atoms with van der Waals surface area (Å²) in [6.45, 7) is 4.94. The molecule has 0 atom stereocenters. The van der Waals surface area contributed by atoms with E-state index in [4.69, 9.17) is 9.47 Å². The number of ether oxygens (including phenoxy) is 3. The van der Waals surface area contributed by atoms with Crippen LogP contribution in [0.3, 0.4) is 0 Å². The van der Waals surface area contributed by atoms with Crippen molar-refractivity contribution < 1.29 is 41.9 Å². The molecule has 1 aliphatic carbocycles. The van der Waals surface area contributed by atoms with E-state index < -0.39 is 39.6 Å². The van der Waals surface area contributed by atoms with Gasteiger partial charge in [0.05, 0.1) is 17.6 Å². The molecule has 0 unspecified atom stereocenters. The third-order valence-corrected chi connectivity index (χ3v) is 7.85. The molecule has 242 valence electrons. The van der Waals surface area contributed by atoms with Crippen LogP contribution < -0.4 is 19.5 Å². The zero-order chi connectivity index (χ0) is 33.0. The molecular formula is C33H37F3N2O7. The van der Waals surface area contributed by atoms with Gasteiger partial charge in [-0.1, -0.05) is 32.4 Å². The van der Waals surface area contributed by atoms with E-state index in [2.05, 4.69) is 23.9 Å². The van der Waals surface area contributed by atoms with Gasteiger partial charge in [-0.3, -0.25) is 19.7 Å². The third-order valence-electron chi connectivity index (χ3n) is 7.85. The topological polar surface area (TPSA) is 117 Å². The van der Waals surface area contributed by atoms with Gasteiger partial charge >= 0.3 is 0 Å². The van der Waals surface area contributed by atoms with E-state index in [1.807, 2.05) is 0 Å². The number of nitrogens with zero attached hydrogens (tertiary/aromatic N) is 1. The molecule has 0 bridgehead atoms. The Kier molecular flexibility index (Phi) is 12.8. The van der Waals surface area contributed by atoms with E-state index >= 15 is 0 Å². The van der Waals surface area contributed by atoms with Gasteiger partial charge in [-0.15, -0.1) is 0 Å². The van der Waals surface area contributed by atoms with Crippen molar-refractivity contribution in [3.8, 4) is 17.2 Å². The van der Waals surface area contributed by atoms with Crippen LogP contribution in [0.5, 0.6) is 17.2 Å². The predicted molar refractivity (Wildman–Crippen MR) is 161 cm³/mol. The van der Waals surface area contributed by atoms with Crippen LogP contribution in [-0.2, 0) is 11.4 Å². The number of hydrogen-bond donors (Lipinski definition) is 1. The number of non-ortho nitro benzene ring substituents is 1. The summed E-state index contributed by atoms with van der Waals surface area (Å²) in [5.74, 6) is -4.53. The minimum absolute atomic E-state index is 0.0340. The Balaban J connectivity index is 0.000000385. The Morgan fingerprint density at radius 1 is 1.04 bits per heavy atom. The van der Waals surface area contributed by atoms with Gasteiger partial charge in [-0.05, 0) is 79.3 Å². The first-order chi connectivity index (χ1) is 21.5. The maximum Gasteiger partial charge on any atom is 0.298 e. The highest BCUT2D eigenvalue weighted by Gasteiger charge is 2.31. The Morgan fingerprint density at radius 3 is 2.22 bits per heavy atom. The number of carbonyl (C=O) groups excluding carboxylic acids is 2. The largest absolute Gasteiger partial charge is 0.497 e. The summed E-state index contributed by atoms with van der Waals surface area (Å²) in [5, 5.41) is 12.8. The Morgan fingerprint density at radius 2 is 1.67 bits per heavy atom. The predicted octanol–water partition coefficient (Wildman–Crippen LogP) is 7.55. The molecule has 0 spiro atoms. The standard InChI is InChI=1S/C26H32F3NO3.C7H5NO4/c1-4-11-26(2)12-9-17(10-13-26)15-30-25(31)20-14-21(27)24(23(29)22(20)28)33-16-18-5-7-19(32-3)8-6-18;9-5-12-7-3-1-6(2-4-7)8(10)11/h5-8,14,17H,4,9-13,15-16H2,1-3H3,(H,30,31);1-5H. The Bertz CT molecular complexity index is 1440. The molecule has 1 saturated carbocycles. The number of hydrogen-bond acceptors (Lipinski definition) is 7. The lowest BCUT2D eigenvalue weighted by molar-refractivity contribution is -0.384. The molecule has 45 heavy (non-hydrogen) atoms. The van der Waals surface area contributed by atoms with Crippen molar-refractivity contribution in [2.75, 3.05) is 13.7 Å². The Hall–Kier alpha value is -4.61. The molecule has 1 N–H and O–H groups in total. The van der Waals surface area contributed by atoms with Crippen molar-refractivity contribution in [1.29, 1.82) is 0 Å². The molecular weight excluding hydrogens is 593 g/mol. The van der Waals surface area contributed by atoms with Crippen molar-refractivity contribution in [3.05, 3.63) is 93.3 Å². The summed E-state index contributed by atoms with van der Waals surface area (Å²) in [5.41, 5.74) is 0.274. The van der Waals surface area contributed by atoms with Gasteiger partial charge in [0, 0.05) is 18.7 Å². The van der Waals surface area contributed by atoms with Crippen molar-refractivity contribution in [2.45, 2.75) is 59.0 Å². The number of amides is 1. The second-order valence-electron chi connectivity index (χ2n) is 11.2. The molecule has 0 saturated heterocycles. The Labute approximate surface area is 259 Å². The number of carbonyl (C=O) groups is 2. The van der Waals surface area contributed by atoms with Gasteiger partial charge in [-0.2, -0.15) is 4.39 Å². The molecule has 1 amide bonds. The molecule has 1 aliphatic rings. The summed E-state index contributed by atoms with van der Waals surface area (Å²) in [6, 6.07) is 12.6. The molecule has 3 aromatic rings. The maximum absolute atomic E-state index is 14.6. The lowest BCUT2D eigenvalue weighted by Crippen LogP contribution is -2.34. The summed E-state index contributed by atoms with van der Waals surface area (Å²) >= 11 is 0. The number of benzene rings is 3. The zero-order valence-corrected chi connectivity index (χ0v) is 25.4. The average Bonchev–Trinajstić information content (AvgIpc) is 3.03. The normalized spacial score (nSPS) is 17.3. The third kappa shape index (κ3) is 9.95. The van der Waals surface area contributed by atoms with Crippen LogP contribution in [0.2, 0.25) is 0 Å². The molecule has 0 radical (unpaired) electrons. The fourth-order valence-electron chi connectivity index (χ4n) is 5.22. The number of rotatable bonds is 12. The molecule has 0 aliphatic heterocycles. The van der Waals surface area contributed by atoms with Crippen LogP contribution in [0.25, 0.3) is 0 Å². The first-order valence-corrected chi connectivity index (χ1v) is 14.6. The number of nitro benzene ring substituents is 1. The fraction of sp³-hybridized carbons (Fsp3) is 0.394. The van der Waals surface area contributed by atoms with E-state index in [0.29, 0.717) is 29.3 Å². The average molecular weight is 631 g/mol. The second-order valence-corrected chi connectivity index (χ2v) is 11.2. The quantitative estimate of drug-likeness (QED) is 0.0951. The first-order valence-electron chi connectivity index (χ1n) is 14.6. The summed E-state index contributed by atoms with van der Waals surface area (Å²) < 4.78 is 58.2. The van der Waals surface area contributed by atoms with E-state index in [1.165, 1.54) is 37.8 Å². The van der Waals surface area contributed by atoms with Gasteiger partial charge in [0.2, 0.25) is 5.82 Å². The summed E-state index contributed by atoms with van der Waals surface area (Å²) in [6.07, 6.45) is 6.44. The van der Waals surface area contributed by atoms with E-state index in [9.17, 15) is 32.9 Å². The number of halogens is 3. The number of methoxy groups -OCH3 is 1. The van der Waals surface area contributed by atoms with E-state index in [0.717, 1.165) is 32.1 Å². The molecule has 0 aromatic heterocycles. The van der Waals surface area contributed by atoms with Crippen LogP contribution in [0, 0.1) is 38.9 Å². The molecule has 0 heterocycles. The highest BCUT2D eigenvalue weighted by Crippen LogP contribution is 2.41. The molecule has 3 aromatic carbocycles. The number of nitrogens with one attached hydrogen (secondary N) is 1. The lowest BCUT2D eigenvalue weighted by Gasteiger charge is -2.37. The minimum atomic E-state index is -1.51. The van der Waals surface area contributed by atoms with Crippen molar-refractivity contribution in [3.63, 3.8) is 0 Å². The van der Waals surface area contributed by atoms with E-state index in [-0.39, 0.29) is 30.4 Å². The minimum Gasteiger partial charge on any atom is -0.497 e. The molecule has 4 rings (SSSR count). The van der Waals surface area contributed by atoms with E-state index in [1.54, 1.807) is 24.3 Å². The summed E-state index contributed by atoms with van der Waals surface area (Å²) in [4.78, 5) is 31.9. The molecule has 12 heteroatoms. The van der Waals surface area contributed by atoms with Crippen molar-refractivity contribution in [1.82, 2.24) is 5.32 Å². The van der Waals surface area contributed by atoms with Gasteiger partial charge in [-0.25, -0.2) is 8.78 Å². The lowest BCUT2D eigenvalue weighted by atomic mass is 9.69. The highest BCUT2D eigenvalue weighted by molar-refractivity contribution is 5.94. The highest BCUT2D eigenvalue weighted by atomic mass is 19.2. The van der Waals surface area contributed by atoms with Crippen molar-refractivity contribution >= 4 is 18.1 Å². The SMILES string of the molecule is CCCC1(C)CCC(CNC(=O)c2cc(F)c(OCc3ccc(OC)cc3)c(F)c2F)CC1.O=COc1ccc([N+](=O)[O-])cc1. The van der Waals surface area contributed by atoms with Gasteiger partial charge < -0.3 is 19.5 Å². The first kappa shape index (κ1) is 34.9. The van der Waals surface area contributed by atoms with Crippen molar-refractivity contribution in [2.24, 2.45) is 11.3 Å². The van der Waals surface area contributed by atoms with Crippen LogP contribution in [0.15, 0.2) is 54.6 Å². The van der Waals surface area contributed by atoms with Crippen LogP contribution in [-0.4, -0.2) is 31.0 Å². The number of nitro groups is 1. The smallest absolute Gasteiger partial charge is 0.298 e. The second kappa shape index (κ2) is 16.5. The zero-order valence-electron chi connectivity index (χ0n) is 25.4. The van der Waals surface area contributed by atoms with Gasteiger partial charge in [0.25, 0.3) is 18.1 Å². The van der Waals surface area contributed by atoms with Gasteiger partial charge in [0.15, 0.2) is 17.4 Å². The van der Waals surface area contributed by atoms with Crippen LogP contribution in [0.1, 0.15) is 68.3 Å². The van der Waals surface area contributed by atoms with Crippen LogP contribution >= 0.6 is 0 Å². The molecule has 9 nitrogen and oxygen atoms in total.